The summed E-state index contributed by atoms with van der Waals surface area (Å²) in [5, 5.41) is 3.73. The van der Waals surface area contributed by atoms with Gasteiger partial charge >= 0.3 is 0 Å². The first-order valence-electron chi connectivity index (χ1n) is 5.63. The van der Waals surface area contributed by atoms with E-state index < -0.39 is 10.0 Å². The molecule has 2 rings (SSSR count). The van der Waals surface area contributed by atoms with Crippen LogP contribution in [0.25, 0.3) is 0 Å². The SMILES string of the molecule is Cc1cc(CNS(=O)(=O)c2cc(C)c(CN)s2)no1. The minimum absolute atomic E-state index is 0.106. The highest BCUT2D eigenvalue weighted by Gasteiger charge is 2.18. The van der Waals surface area contributed by atoms with E-state index in [4.69, 9.17) is 10.3 Å². The second-order valence-electron chi connectivity index (χ2n) is 4.13. The smallest absolute Gasteiger partial charge is 0.250 e. The van der Waals surface area contributed by atoms with E-state index in [9.17, 15) is 8.42 Å². The van der Waals surface area contributed by atoms with Gasteiger partial charge in [0.05, 0.1) is 12.2 Å². The van der Waals surface area contributed by atoms with E-state index in [-0.39, 0.29) is 10.8 Å². The lowest BCUT2D eigenvalue weighted by Gasteiger charge is -2.01. The van der Waals surface area contributed by atoms with Gasteiger partial charge in [-0.15, -0.1) is 11.3 Å². The lowest BCUT2D eigenvalue weighted by molar-refractivity contribution is 0.390. The van der Waals surface area contributed by atoms with Crippen LogP contribution < -0.4 is 10.5 Å². The molecule has 0 aromatic carbocycles. The van der Waals surface area contributed by atoms with Crippen LogP contribution in [0, 0.1) is 13.8 Å². The Morgan fingerprint density at radius 2 is 2.16 bits per heavy atom. The Balaban J connectivity index is 2.13. The van der Waals surface area contributed by atoms with Crippen LogP contribution in [0.3, 0.4) is 0 Å². The van der Waals surface area contributed by atoms with E-state index in [0.717, 1.165) is 10.4 Å². The molecule has 0 atom stereocenters. The molecular weight excluding hydrogens is 286 g/mol. The summed E-state index contributed by atoms with van der Waals surface area (Å²) >= 11 is 1.19. The second-order valence-corrected chi connectivity index (χ2v) is 7.26. The van der Waals surface area contributed by atoms with Crippen LogP contribution in [-0.2, 0) is 23.1 Å². The number of hydrogen-bond acceptors (Lipinski definition) is 6. The van der Waals surface area contributed by atoms with Crippen molar-refractivity contribution in [2.45, 2.75) is 31.1 Å². The van der Waals surface area contributed by atoms with E-state index in [1.54, 1.807) is 19.1 Å². The number of aromatic nitrogens is 1. The molecule has 0 aliphatic heterocycles. The van der Waals surface area contributed by atoms with E-state index in [1.807, 2.05) is 6.92 Å². The van der Waals surface area contributed by atoms with Crippen LogP contribution in [0.2, 0.25) is 0 Å². The van der Waals surface area contributed by atoms with Gasteiger partial charge in [-0.3, -0.25) is 0 Å². The summed E-state index contributed by atoms with van der Waals surface area (Å²) in [6.45, 7) is 4.04. The average molecular weight is 301 g/mol. The number of nitrogens with one attached hydrogen (secondary N) is 1. The molecule has 0 amide bonds. The van der Waals surface area contributed by atoms with Gasteiger partial charge < -0.3 is 10.3 Å². The lowest BCUT2D eigenvalue weighted by atomic mass is 10.3. The largest absolute Gasteiger partial charge is 0.361 e. The van der Waals surface area contributed by atoms with Gasteiger partial charge in [0.25, 0.3) is 0 Å². The zero-order valence-electron chi connectivity index (χ0n) is 10.6. The molecule has 0 bridgehead atoms. The number of nitrogens with two attached hydrogens (primary N) is 1. The number of nitrogens with zero attached hydrogens (tertiary/aromatic N) is 1. The zero-order valence-corrected chi connectivity index (χ0v) is 12.3. The summed E-state index contributed by atoms with van der Waals surface area (Å²) in [5.74, 6) is 0.645. The third-order valence-electron chi connectivity index (χ3n) is 2.57. The van der Waals surface area contributed by atoms with Crippen LogP contribution in [0.1, 0.15) is 21.9 Å². The average Bonchev–Trinajstić information content (AvgIpc) is 2.93. The number of aryl methyl sites for hydroxylation is 2. The fourth-order valence-electron chi connectivity index (χ4n) is 1.57. The molecular formula is C11H15N3O3S2. The molecule has 2 heterocycles. The van der Waals surface area contributed by atoms with Gasteiger partial charge in [-0.05, 0) is 25.5 Å². The fourth-order valence-corrected chi connectivity index (χ4v) is 4.08. The molecule has 0 fully saturated rings. The van der Waals surface area contributed by atoms with Crippen LogP contribution in [0.15, 0.2) is 20.9 Å². The van der Waals surface area contributed by atoms with Gasteiger partial charge in [-0.2, -0.15) is 0 Å². The standard InChI is InChI=1S/C11H15N3O3S2/c1-7-3-11(18-10(7)5-12)19(15,16)13-6-9-4-8(2)17-14-9/h3-4,13H,5-6,12H2,1-2H3. The monoisotopic (exact) mass is 301 g/mol. The lowest BCUT2D eigenvalue weighted by Crippen LogP contribution is -2.22. The highest BCUT2D eigenvalue weighted by atomic mass is 32.2. The maximum atomic E-state index is 12.1. The van der Waals surface area contributed by atoms with Gasteiger partial charge in [-0.25, -0.2) is 13.1 Å². The Morgan fingerprint density at radius 1 is 1.42 bits per heavy atom. The molecule has 3 N–H and O–H groups in total. The molecule has 0 saturated heterocycles. The van der Waals surface area contributed by atoms with Crippen LogP contribution in [-0.4, -0.2) is 13.6 Å². The maximum Gasteiger partial charge on any atom is 0.250 e. The second kappa shape index (κ2) is 5.41. The molecule has 19 heavy (non-hydrogen) atoms. The van der Waals surface area contributed by atoms with E-state index in [1.165, 1.54) is 11.3 Å². The number of sulfonamides is 1. The predicted molar refractivity (Wildman–Crippen MR) is 72.2 cm³/mol. The highest BCUT2D eigenvalue weighted by molar-refractivity contribution is 7.91. The highest BCUT2D eigenvalue weighted by Crippen LogP contribution is 2.25. The zero-order chi connectivity index (χ0) is 14.0. The Bertz CT molecular complexity index is 673. The van der Waals surface area contributed by atoms with Crippen molar-refractivity contribution in [1.82, 2.24) is 9.88 Å². The summed E-state index contributed by atoms with van der Waals surface area (Å²) in [7, 11) is -3.53. The minimum Gasteiger partial charge on any atom is -0.361 e. The van der Waals surface area contributed by atoms with Gasteiger partial charge in [0.1, 0.15) is 9.97 Å². The van der Waals surface area contributed by atoms with Crippen molar-refractivity contribution < 1.29 is 12.9 Å². The summed E-state index contributed by atoms with van der Waals surface area (Å²) in [6, 6.07) is 3.32. The quantitative estimate of drug-likeness (QED) is 0.867. The molecule has 0 radical (unpaired) electrons. The van der Waals surface area contributed by atoms with Crippen molar-refractivity contribution in [2.24, 2.45) is 5.73 Å². The Morgan fingerprint density at radius 3 is 2.68 bits per heavy atom. The molecule has 2 aromatic heterocycles. The fraction of sp³-hybridized carbons (Fsp3) is 0.364. The third-order valence-corrected chi connectivity index (χ3v) is 5.70. The van der Waals surface area contributed by atoms with Crippen LogP contribution in [0.5, 0.6) is 0 Å². The molecule has 8 heteroatoms. The van der Waals surface area contributed by atoms with Crippen LogP contribution in [0.4, 0.5) is 0 Å². The van der Waals surface area contributed by atoms with Gasteiger partial charge in [0.2, 0.25) is 10.0 Å². The predicted octanol–water partition coefficient (Wildman–Crippen LogP) is 1.29. The van der Waals surface area contributed by atoms with E-state index in [2.05, 4.69) is 9.88 Å². The van der Waals surface area contributed by atoms with Crippen molar-refractivity contribution in [3.63, 3.8) is 0 Å². The molecule has 0 spiro atoms. The summed E-state index contributed by atoms with van der Waals surface area (Å²) in [5.41, 5.74) is 6.99. The Labute approximate surface area is 115 Å². The molecule has 0 saturated carbocycles. The number of hydrogen-bond donors (Lipinski definition) is 2. The van der Waals surface area contributed by atoms with Crippen molar-refractivity contribution in [3.05, 3.63) is 34.0 Å². The van der Waals surface area contributed by atoms with Crippen LogP contribution >= 0.6 is 11.3 Å². The molecule has 0 unspecified atom stereocenters. The van der Waals surface area contributed by atoms with Crippen molar-refractivity contribution in [2.75, 3.05) is 0 Å². The maximum absolute atomic E-state index is 12.1. The number of thiophene rings is 1. The molecule has 6 nitrogen and oxygen atoms in total. The molecule has 0 aliphatic carbocycles. The summed E-state index contributed by atoms with van der Waals surface area (Å²) in [6.07, 6.45) is 0. The van der Waals surface area contributed by atoms with Gasteiger partial charge in [0.15, 0.2) is 0 Å². The van der Waals surface area contributed by atoms with Gasteiger partial charge in [0, 0.05) is 17.5 Å². The normalized spacial score (nSPS) is 11.9. The summed E-state index contributed by atoms with van der Waals surface area (Å²) < 4.78 is 31.8. The van der Waals surface area contributed by atoms with Crippen molar-refractivity contribution in [1.29, 1.82) is 0 Å². The molecule has 0 aliphatic rings. The third kappa shape index (κ3) is 3.21. The Hall–Kier alpha value is -1.22. The molecule has 2 aromatic rings. The van der Waals surface area contributed by atoms with Crippen molar-refractivity contribution in [3.8, 4) is 0 Å². The summed E-state index contributed by atoms with van der Waals surface area (Å²) in [4.78, 5) is 0.873. The first-order valence-corrected chi connectivity index (χ1v) is 7.93. The van der Waals surface area contributed by atoms with Gasteiger partial charge in [-0.1, -0.05) is 5.16 Å². The van der Waals surface area contributed by atoms with Crippen molar-refractivity contribution >= 4 is 21.4 Å². The minimum atomic E-state index is -3.53. The topological polar surface area (TPSA) is 98.2 Å². The first-order chi connectivity index (χ1) is 8.92. The molecule has 104 valence electrons. The first kappa shape index (κ1) is 14.2. The Kier molecular flexibility index (Phi) is 4.04. The van der Waals surface area contributed by atoms with E-state index in [0.29, 0.717) is 18.0 Å². The van der Waals surface area contributed by atoms with E-state index >= 15 is 0 Å². The number of rotatable bonds is 5.